The van der Waals surface area contributed by atoms with E-state index in [0.29, 0.717) is 0 Å². The molecule has 0 spiro atoms. The van der Waals surface area contributed by atoms with Crippen LogP contribution in [0.3, 0.4) is 0 Å². The zero-order valence-corrected chi connectivity index (χ0v) is 16.5. The average Bonchev–Trinajstić information content (AvgIpc) is 3.42. The van der Waals surface area contributed by atoms with Crippen LogP contribution in [0.5, 0.6) is 0 Å². The maximum atomic E-state index is 5.68. The number of likely N-dealkylation sites (tertiary alicyclic amines) is 1. The second-order valence-corrected chi connectivity index (χ2v) is 7.68. The number of thiazole rings is 1. The molecule has 3 rings (SSSR count). The van der Waals surface area contributed by atoms with E-state index in [4.69, 9.17) is 4.42 Å². The van der Waals surface area contributed by atoms with Crippen molar-refractivity contribution in [2.24, 2.45) is 4.99 Å². The van der Waals surface area contributed by atoms with E-state index in [1.165, 1.54) is 22.7 Å². The summed E-state index contributed by atoms with van der Waals surface area (Å²) < 4.78 is 5.68. The van der Waals surface area contributed by atoms with Gasteiger partial charge in [-0.1, -0.05) is 6.92 Å². The van der Waals surface area contributed by atoms with Crippen LogP contribution in [0.15, 0.2) is 34.0 Å². The summed E-state index contributed by atoms with van der Waals surface area (Å²) >= 11 is 1.80. The Kier molecular flexibility index (Phi) is 7.08. The van der Waals surface area contributed by atoms with E-state index in [2.05, 4.69) is 38.5 Å². The molecule has 26 heavy (non-hydrogen) atoms. The van der Waals surface area contributed by atoms with Gasteiger partial charge in [0, 0.05) is 37.6 Å². The summed E-state index contributed by atoms with van der Waals surface area (Å²) in [5, 5.41) is 8.03. The highest BCUT2D eigenvalue weighted by Gasteiger charge is 2.25. The molecule has 7 heteroatoms. The summed E-state index contributed by atoms with van der Waals surface area (Å²) in [6.07, 6.45) is 8.23. The van der Waals surface area contributed by atoms with Gasteiger partial charge in [0.1, 0.15) is 5.76 Å². The van der Waals surface area contributed by atoms with Crippen molar-refractivity contribution >= 4 is 17.3 Å². The molecule has 0 bridgehead atoms. The summed E-state index contributed by atoms with van der Waals surface area (Å²) in [6.45, 7) is 6.03. The van der Waals surface area contributed by atoms with Gasteiger partial charge >= 0.3 is 0 Å². The molecule has 1 unspecified atom stereocenters. The highest BCUT2D eigenvalue weighted by atomic mass is 32.1. The zero-order valence-electron chi connectivity index (χ0n) is 15.7. The van der Waals surface area contributed by atoms with Gasteiger partial charge in [-0.15, -0.1) is 11.3 Å². The van der Waals surface area contributed by atoms with Gasteiger partial charge in [0.25, 0.3) is 0 Å². The lowest BCUT2D eigenvalue weighted by molar-refractivity contribution is 0.215. The van der Waals surface area contributed by atoms with E-state index >= 15 is 0 Å². The van der Waals surface area contributed by atoms with Crippen molar-refractivity contribution in [3.8, 4) is 0 Å². The van der Waals surface area contributed by atoms with Crippen molar-refractivity contribution < 1.29 is 4.42 Å². The molecule has 1 atom stereocenters. The summed E-state index contributed by atoms with van der Waals surface area (Å²) in [7, 11) is 1.81. The first-order valence-corrected chi connectivity index (χ1v) is 10.3. The third-order valence-electron chi connectivity index (χ3n) is 4.72. The Hall–Kier alpha value is -1.86. The van der Waals surface area contributed by atoms with Crippen molar-refractivity contribution in [3.63, 3.8) is 0 Å². The van der Waals surface area contributed by atoms with Crippen molar-refractivity contribution in [1.82, 2.24) is 20.5 Å². The number of nitrogens with one attached hydrogen (secondary N) is 2. The number of guanidine groups is 1. The van der Waals surface area contributed by atoms with Crippen molar-refractivity contribution in [3.05, 3.63) is 40.2 Å². The Labute approximate surface area is 159 Å². The lowest BCUT2D eigenvalue weighted by Crippen LogP contribution is -2.43. The largest absolute Gasteiger partial charge is 0.468 e. The van der Waals surface area contributed by atoms with Crippen LogP contribution in [0.4, 0.5) is 0 Å². The molecular weight excluding hydrogens is 346 g/mol. The Morgan fingerprint density at radius 1 is 1.38 bits per heavy atom. The van der Waals surface area contributed by atoms with E-state index in [0.717, 1.165) is 50.7 Å². The summed E-state index contributed by atoms with van der Waals surface area (Å²) in [5.41, 5.74) is 0. The molecule has 0 amide bonds. The minimum Gasteiger partial charge on any atom is -0.468 e. The second-order valence-electron chi connectivity index (χ2n) is 6.48. The third-order valence-corrected chi connectivity index (χ3v) is 5.92. The zero-order chi connectivity index (χ0) is 18.2. The van der Waals surface area contributed by atoms with Crippen molar-refractivity contribution in [2.45, 2.75) is 38.6 Å². The molecule has 142 valence electrons. The maximum absolute atomic E-state index is 5.68. The molecule has 2 aromatic rings. The van der Waals surface area contributed by atoms with Gasteiger partial charge in [0.2, 0.25) is 0 Å². The minimum atomic E-state index is 0.247. The average molecular weight is 376 g/mol. The van der Waals surface area contributed by atoms with Gasteiger partial charge in [0.05, 0.1) is 17.3 Å². The Bertz CT molecular complexity index is 676. The van der Waals surface area contributed by atoms with E-state index < -0.39 is 0 Å². The first kappa shape index (κ1) is 18.9. The van der Waals surface area contributed by atoms with Gasteiger partial charge in [-0.3, -0.25) is 9.89 Å². The van der Waals surface area contributed by atoms with Crippen LogP contribution in [0, 0.1) is 0 Å². The fourth-order valence-corrected chi connectivity index (χ4v) is 4.13. The number of aryl methyl sites for hydroxylation is 1. The molecule has 1 saturated heterocycles. The number of rotatable bonds is 8. The second kappa shape index (κ2) is 9.73. The molecule has 0 saturated carbocycles. The molecule has 0 radical (unpaired) electrons. The fourth-order valence-electron chi connectivity index (χ4n) is 3.27. The first-order valence-electron chi connectivity index (χ1n) is 9.45. The summed E-state index contributed by atoms with van der Waals surface area (Å²) in [5.74, 6) is 1.85. The lowest BCUT2D eigenvalue weighted by Gasteiger charge is -2.26. The summed E-state index contributed by atoms with van der Waals surface area (Å²) in [4.78, 5) is 12.6. The molecule has 1 fully saturated rings. The Morgan fingerprint density at radius 2 is 2.23 bits per heavy atom. The fraction of sp³-hybridized carbons (Fsp3) is 0.579. The number of nitrogens with zero attached hydrogens (tertiary/aromatic N) is 3. The molecule has 3 heterocycles. The molecule has 1 aliphatic heterocycles. The maximum Gasteiger partial charge on any atom is 0.191 e. The van der Waals surface area contributed by atoms with Gasteiger partial charge in [-0.05, 0) is 44.5 Å². The van der Waals surface area contributed by atoms with Gasteiger partial charge in [-0.25, -0.2) is 4.98 Å². The molecular formula is C19H29N5OS. The van der Waals surface area contributed by atoms with E-state index in [1.807, 2.05) is 19.3 Å². The highest BCUT2D eigenvalue weighted by Crippen LogP contribution is 2.24. The molecule has 2 aromatic heterocycles. The normalized spacial score (nSPS) is 16.8. The molecule has 0 aromatic carbocycles. The number of aromatic nitrogens is 1. The van der Waals surface area contributed by atoms with Crippen LogP contribution in [-0.2, 0) is 12.8 Å². The van der Waals surface area contributed by atoms with Crippen LogP contribution in [0.1, 0.15) is 41.5 Å². The molecule has 1 aliphatic rings. The first-order chi connectivity index (χ1) is 12.8. The van der Waals surface area contributed by atoms with Crippen LogP contribution in [-0.4, -0.2) is 49.1 Å². The predicted octanol–water partition coefficient (Wildman–Crippen LogP) is 2.84. The van der Waals surface area contributed by atoms with Crippen LogP contribution in [0.2, 0.25) is 0 Å². The molecule has 2 N–H and O–H groups in total. The smallest absolute Gasteiger partial charge is 0.191 e. The van der Waals surface area contributed by atoms with E-state index in [-0.39, 0.29) is 6.04 Å². The quantitative estimate of drug-likeness (QED) is 0.549. The van der Waals surface area contributed by atoms with E-state index in [9.17, 15) is 0 Å². The summed E-state index contributed by atoms with van der Waals surface area (Å²) in [6, 6.07) is 4.27. The van der Waals surface area contributed by atoms with Gasteiger partial charge < -0.3 is 15.1 Å². The van der Waals surface area contributed by atoms with Crippen molar-refractivity contribution in [2.75, 3.05) is 33.2 Å². The van der Waals surface area contributed by atoms with Gasteiger partial charge in [0.15, 0.2) is 5.96 Å². The van der Waals surface area contributed by atoms with Gasteiger partial charge in [-0.2, -0.15) is 0 Å². The topological polar surface area (TPSA) is 65.7 Å². The Morgan fingerprint density at radius 3 is 2.88 bits per heavy atom. The minimum absolute atomic E-state index is 0.247. The van der Waals surface area contributed by atoms with E-state index in [1.54, 1.807) is 17.6 Å². The SMILES string of the molecule is CCc1cnc(CCNC(=NC)NCC(c2ccco2)N2CCCC2)s1. The van der Waals surface area contributed by atoms with Crippen LogP contribution in [0.25, 0.3) is 0 Å². The Balaban J connectivity index is 1.48. The highest BCUT2D eigenvalue weighted by molar-refractivity contribution is 7.11. The standard InChI is InChI=1S/C19H29N5OS/c1-3-15-13-22-18(26-15)8-9-21-19(20-2)23-14-16(17-7-6-12-25-17)24-10-4-5-11-24/h6-7,12-13,16H,3-5,8-11,14H2,1-2H3,(H2,20,21,23). The third kappa shape index (κ3) is 5.08. The van der Waals surface area contributed by atoms with Crippen molar-refractivity contribution in [1.29, 1.82) is 0 Å². The number of hydrogen-bond donors (Lipinski definition) is 2. The monoisotopic (exact) mass is 375 g/mol. The van der Waals surface area contributed by atoms with Crippen LogP contribution < -0.4 is 10.6 Å². The lowest BCUT2D eigenvalue weighted by atomic mass is 10.2. The number of furan rings is 1. The molecule has 0 aliphatic carbocycles. The predicted molar refractivity (Wildman–Crippen MR) is 107 cm³/mol. The number of aliphatic imine (C=N–C) groups is 1. The van der Waals surface area contributed by atoms with Crippen LogP contribution >= 0.6 is 11.3 Å². The number of hydrogen-bond acceptors (Lipinski definition) is 5. The molecule has 6 nitrogen and oxygen atoms in total.